The molecule has 0 aliphatic heterocycles. The normalized spacial score (nSPS) is 13.7. The standard InChI is InChI=1S/C84H164O17P2/c1-5-9-13-17-21-24-27-30-33-36-38-39-40-41-43-46-49-52-55-59-63-67-71-84(89)101-80(75-95-82(87)69-65-61-57-53-50-47-45-42-37-34-31-28-25-22-18-14-10-6-2)77-99-103(92,93)97-73-78(85)72-96-102(90,91)98-76-79(74-94-81(86)68-64-60-56-20-16-12-8-4)100-83(88)70-66-62-58-54-51-48-44-35-32-29-26-23-19-15-11-7-3/h78-80,85H,5-77H2,1-4H3,(H,90,91)(H,92,93)/t78-,79+,80+/m0/s1. The quantitative estimate of drug-likeness (QED) is 0.0222. The first-order chi connectivity index (χ1) is 50.2. The molecule has 5 atom stereocenters. The van der Waals surface area contributed by atoms with Crippen molar-refractivity contribution in [2.45, 2.75) is 476 Å². The molecule has 0 heterocycles. The lowest BCUT2D eigenvalue weighted by atomic mass is 10.0. The van der Waals surface area contributed by atoms with Crippen molar-refractivity contribution in [1.82, 2.24) is 0 Å². The highest BCUT2D eigenvalue weighted by Crippen LogP contribution is 2.45. The van der Waals surface area contributed by atoms with Crippen molar-refractivity contribution < 1.29 is 80.2 Å². The summed E-state index contributed by atoms with van der Waals surface area (Å²) in [6.45, 7) is 5.00. The van der Waals surface area contributed by atoms with Crippen LogP contribution >= 0.6 is 15.6 Å². The molecule has 0 saturated heterocycles. The van der Waals surface area contributed by atoms with Gasteiger partial charge in [0.15, 0.2) is 12.2 Å². The molecule has 0 aliphatic carbocycles. The lowest BCUT2D eigenvalue weighted by Gasteiger charge is -2.21. The molecular weight excluding hydrogens is 1340 g/mol. The summed E-state index contributed by atoms with van der Waals surface area (Å²) in [4.78, 5) is 73.0. The second-order valence-electron chi connectivity index (χ2n) is 30.2. The van der Waals surface area contributed by atoms with E-state index in [4.69, 9.17) is 37.0 Å². The van der Waals surface area contributed by atoms with Crippen molar-refractivity contribution in [3.8, 4) is 0 Å². The monoisotopic (exact) mass is 1510 g/mol. The van der Waals surface area contributed by atoms with Gasteiger partial charge in [-0.2, -0.15) is 0 Å². The van der Waals surface area contributed by atoms with Gasteiger partial charge in [0, 0.05) is 25.7 Å². The SMILES string of the molecule is CCCCCCCCCCCCCCCCCCCCCCCCC(=O)O[C@H](COC(=O)CCCCCCCCCCCCCCCCCCCC)COP(=O)(O)OC[C@@H](O)COP(=O)(O)OC[C@@H](COC(=O)CCCCCCCCC)OC(=O)CCCCCCCCCCCCCCCCCC. The van der Waals surface area contributed by atoms with Gasteiger partial charge in [0.05, 0.1) is 26.4 Å². The van der Waals surface area contributed by atoms with Crippen LogP contribution in [0, 0.1) is 0 Å². The zero-order valence-corrected chi connectivity index (χ0v) is 69.1. The number of aliphatic hydroxyl groups is 1. The first-order valence-corrected chi connectivity index (χ1v) is 46.8. The van der Waals surface area contributed by atoms with Crippen LogP contribution in [0.15, 0.2) is 0 Å². The molecule has 2 unspecified atom stereocenters. The summed E-state index contributed by atoms with van der Waals surface area (Å²) in [5.41, 5.74) is 0. The number of unbranched alkanes of at least 4 members (excludes halogenated alkanes) is 59. The fourth-order valence-electron chi connectivity index (χ4n) is 13.2. The van der Waals surface area contributed by atoms with Gasteiger partial charge in [-0.25, -0.2) is 9.13 Å². The summed E-state index contributed by atoms with van der Waals surface area (Å²) in [6, 6.07) is 0. The highest BCUT2D eigenvalue weighted by Gasteiger charge is 2.30. The first kappa shape index (κ1) is 101. The number of esters is 4. The molecule has 19 heteroatoms. The smallest absolute Gasteiger partial charge is 0.462 e. The van der Waals surface area contributed by atoms with Gasteiger partial charge >= 0.3 is 39.5 Å². The number of phosphoric ester groups is 2. The van der Waals surface area contributed by atoms with Crippen molar-refractivity contribution in [3.05, 3.63) is 0 Å². The molecule has 0 aromatic heterocycles. The van der Waals surface area contributed by atoms with E-state index in [0.29, 0.717) is 25.7 Å². The molecule has 0 bridgehead atoms. The van der Waals surface area contributed by atoms with Crippen molar-refractivity contribution in [3.63, 3.8) is 0 Å². The zero-order valence-electron chi connectivity index (χ0n) is 67.3. The lowest BCUT2D eigenvalue weighted by Crippen LogP contribution is -2.30. The Morgan fingerprint density at radius 3 is 0.573 bits per heavy atom. The van der Waals surface area contributed by atoms with E-state index in [0.717, 1.165) is 103 Å². The molecule has 0 amide bonds. The Balaban J connectivity index is 5.15. The molecule has 0 rings (SSSR count). The van der Waals surface area contributed by atoms with E-state index in [1.807, 2.05) is 0 Å². The van der Waals surface area contributed by atoms with Crippen molar-refractivity contribution in [2.75, 3.05) is 39.6 Å². The molecule has 3 N–H and O–H groups in total. The molecule has 612 valence electrons. The summed E-state index contributed by atoms with van der Waals surface area (Å²) in [6.07, 6.45) is 72.5. The largest absolute Gasteiger partial charge is 0.472 e. The molecule has 0 aliphatic rings. The number of rotatable bonds is 85. The third kappa shape index (κ3) is 78.0. The molecule has 0 saturated carbocycles. The van der Waals surface area contributed by atoms with Crippen molar-refractivity contribution in [1.29, 1.82) is 0 Å². The van der Waals surface area contributed by atoms with Gasteiger partial charge < -0.3 is 33.8 Å². The third-order valence-corrected chi connectivity index (χ3v) is 21.8. The molecule has 0 radical (unpaired) electrons. The van der Waals surface area contributed by atoms with E-state index < -0.39 is 97.5 Å². The number of aliphatic hydroxyl groups excluding tert-OH is 1. The fourth-order valence-corrected chi connectivity index (χ4v) is 14.7. The minimum absolute atomic E-state index is 0.109. The summed E-state index contributed by atoms with van der Waals surface area (Å²) >= 11 is 0. The second-order valence-corrected chi connectivity index (χ2v) is 33.1. The van der Waals surface area contributed by atoms with E-state index in [9.17, 15) is 43.2 Å². The second kappa shape index (κ2) is 78.2. The summed E-state index contributed by atoms with van der Waals surface area (Å²) < 4.78 is 68.7. The number of carbonyl (C=O) groups is 4. The Morgan fingerprint density at radius 2 is 0.388 bits per heavy atom. The minimum atomic E-state index is -4.96. The van der Waals surface area contributed by atoms with Crippen LogP contribution in [0.4, 0.5) is 0 Å². The summed E-state index contributed by atoms with van der Waals surface area (Å²) in [7, 11) is -9.92. The first-order valence-electron chi connectivity index (χ1n) is 43.8. The third-order valence-electron chi connectivity index (χ3n) is 19.9. The summed E-state index contributed by atoms with van der Waals surface area (Å²) in [5, 5.41) is 10.6. The van der Waals surface area contributed by atoms with Crippen LogP contribution in [0.25, 0.3) is 0 Å². The van der Waals surface area contributed by atoms with Crippen molar-refractivity contribution in [2.24, 2.45) is 0 Å². The van der Waals surface area contributed by atoms with Crippen molar-refractivity contribution >= 4 is 39.5 Å². The lowest BCUT2D eigenvalue weighted by molar-refractivity contribution is -0.161. The number of ether oxygens (including phenoxy) is 4. The van der Waals surface area contributed by atoms with Crippen LogP contribution in [0.1, 0.15) is 458 Å². The molecule has 0 aromatic carbocycles. The average Bonchev–Trinajstić information content (AvgIpc) is 0.915. The van der Waals surface area contributed by atoms with Gasteiger partial charge in [-0.15, -0.1) is 0 Å². The number of phosphoric acid groups is 2. The maximum absolute atomic E-state index is 13.1. The van der Waals surface area contributed by atoms with Gasteiger partial charge in [0.1, 0.15) is 19.3 Å². The number of hydrogen-bond donors (Lipinski definition) is 3. The van der Waals surface area contributed by atoms with Crippen LogP contribution in [0.3, 0.4) is 0 Å². The van der Waals surface area contributed by atoms with Gasteiger partial charge in [-0.3, -0.25) is 37.3 Å². The van der Waals surface area contributed by atoms with E-state index in [-0.39, 0.29) is 25.7 Å². The molecular formula is C84H164O17P2. The van der Waals surface area contributed by atoms with E-state index in [1.54, 1.807) is 0 Å². The topological polar surface area (TPSA) is 237 Å². The Hall–Kier alpha value is -1.94. The molecule has 103 heavy (non-hydrogen) atoms. The molecule has 0 aromatic rings. The summed E-state index contributed by atoms with van der Waals surface area (Å²) in [5.74, 6) is -2.11. The molecule has 17 nitrogen and oxygen atoms in total. The van der Waals surface area contributed by atoms with Gasteiger partial charge in [-0.05, 0) is 25.7 Å². The maximum atomic E-state index is 13.1. The Morgan fingerprint density at radius 1 is 0.233 bits per heavy atom. The number of hydrogen-bond acceptors (Lipinski definition) is 15. The molecule has 0 spiro atoms. The maximum Gasteiger partial charge on any atom is 0.472 e. The highest BCUT2D eigenvalue weighted by molar-refractivity contribution is 7.47. The molecule has 0 fully saturated rings. The van der Waals surface area contributed by atoms with Gasteiger partial charge in [0.2, 0.25) is 0 Å². The predicted octanol–water partition coefficient (Wildman–Crippen LogP) is 25.7. The van der Waals surface area contributed by atoms with Crippen LogP contribution in [0.2, 0.25) is 0 Å². The zero-order chi connectivity index (χ0) is 75.3. The van der Waals surface area contributed by atoms with Crippen LogP contribution in [-0.4, -0.2) is 96.7 Å². The Kier molecular flexibility index (Phi) is 76.7. The minimum Gasteiger partial charge on any atom is -0.462 e. The van der Waals surface area contributed by atoms with E-state index in [2.05, 4.69) is 27.7 Å². The fraction of sp³-hybridized carbons (Fsp3) is 0.952. The van der Waals surface area contributed by atoms with Gasteiger partial charge in [0.25, 0.3) is 0 Å². The van der Waals surface area contributed by atoms with Gasteiger partial charge in [-0.1, -0.05) is 407 Å². The number of carbonyl (C=O) groups excluding carboxylic acids is 4. The van der Waals surface area contributed by atoms with E-state index in [1.165, 1.54) is 276 Å². The van der Waals surface area contributed by atoms with Crippen LogP contribution < -0.4 is 0 Å². The average molecular weight is 1510 g/mol. The van der Waals surface area contributed by atoms with E-state index >= 15 is 0 Å². The Labute approximate surface area is 632 Å². The predicted molar refractivity (Wildman–Crippen MR) is 423 cm³/mol. The Bertz CT molecular complexity index is 1950. The van der Waals surface area contributed by atoms with Crippen LogP contribution in [0.5, 0.6) is 0 Å². The highest BCUT2D eigenvalue weighted by atomic mass is 31.2. The van der Waals surface area contributed by atoms with Crippen LogP contribution in [-0.2, 0) is 65.4 Å².